The minimum Gasteiger partial charge on any atom is -0.340 e. The number of nitrogens with zero attached hydrogens (tertiary/aromatic N) is 1. The van der Waals surface area contributed by atoms with Gasteiger partial charge in [0.2, 0.25) is 5.91 Å². The van der Waals surface area contributed by atoms with Gasteiger partial charge in [-0.25, -0.2) is 0 Å². The molecule has 0 saturated carbocycles. The first-order valence-electron chi connectivity index (χ1n) is 6.60. The Bertz CT molecular complexity index is 267. The maximum absolute atomic E-state index is 12.4. The van der Waals surface area contributed by atoms with Crippen molar-refractivity contribution in [2.75, 3.05) is 19.6 Å². The highest BCUT2D eigenvalue weighted by Gasteiger charge is 2.36. The number of hydrogen-bond acceptors (Lipinski definition) is 2. The highest BCUT2D eigenvalue weighted by Crippen LogP contribution is 2.26. The Hall–Kier alpha value is -0.570. The van der Waals surface area contributed by atoms with Gasteiger partial charge in [0.15, 0.2) is 0 Å². The first-order chi connectivity index (χ1) is 7.59. The fourth-order valence-corrected chi connectivity index (χ4v) is 3.09. The second-order valence-electron chi connectivity index (χ2n) is 5.75. The number of piperidine rings is 1. The molecule has 92 valence electrons. The van der Waals surface area contributed by atoms with Crippen LogP contribution in [0.5, 0.6) is 0 Å². The molecule has 4 atom stereocenters. The summed E-state index contributed by atoms with van der Waals surface area (Å²) in [5, 5.41) is 3.32. The summed E-state index contributed by atoms with van der Waals surface area (Å²) in [7, 11) is 0. The van der Waals surface area contributed by atoms with E-state index in [1.807, 2.05) is 0 Å². The van der Waals surface area contributed by atoms with Gasteiger partial charge >= 0.3 is 0 Å². The van der Waals surface area contributed by atoms with Crippen molar-refractivity contribution in [2.45, 2.75) is 39.7 Å². The lowest BCUT2D eigenvalue weighted by atomic mass is 9.90. The summed E-state index contributed by atoms with van der Waals surface area (Å²) in [6, 6.07) is 0.434. The zero-order chi connectivity index (χ0) is 11.7. The third kappa shape index (κ3) is 2.24. The fourth-order valence-electron chi connectivity index (χ4n) is 3.09. The standard InChI is InChI=1S/C13H24N2O/c1-9-4-5-15(11(3)6-9)13(16)12-8-14-7-10(12)2/h9-12,14H,4-8H2,1-3H3/t9?,10-,11?,12-/m1/s1. The first kappa shape index (κ1) is 11.9. The van der Waals surface area contributed by atoms with Crippen LogP contribution in [0.4, 0.5) is 0 Å². The van der Waals surface area contributed by atoms with Crippen LogP contribution < -0.4 is 5.32 Å². The van der Waals surface area contributed by atoms with Crippen molar-refractivity contribution in [1.29, 1.82) is 0 Å². The maximum atomic E-state index is 12.4. The van der Waals surface area contributed by atoms with E-state index in [0.717, 1.165) is 25.6 Å². The van der Waals surface area contributed by atoms with Gasteiger partial charge in [0, 0.05) is 19.1 Å². The lowest BCUT2D eigenvalue weighted by Gasteiger charge is -2.38. The molecule has 1 N–H and O–H groups in total. The monoisotopic (exact) mass is 224 g/mol. The zero-order valence-corrected chi connectivity index (χ0v) is 10.7. The van der Waals surface area contributed by atoms with Gasteiger partial charge in [-0.1, -0.05) is 13.8 Å². The van der Waals surface area contributed by atoms with Crippen LogP contribution in [-0.2, 0) is 4.79 Å². The Kier molecular flexibility index (Phi) is 3.53. The van der Waals surface area contributed by atoms with Crippen molar-refractivity contribution in [2.24, 2.45) is 17.8 Å². The molecule has 3 nitrogen and oxygen atoms in total. The van der Waals surface area contributed by atoms with Crippen LogP contribution in [0.2, 0.25) is 0 Å². The Morgan fingerprint density at radius 1 is 1.25 bits per heavy atom. The first-order valence-corrected chi connectivity index (χ1v) is 6.60. The lowest BCUT2D eigenvalue weighted by molar-refractivity contribution is -0.139. The number of carbonyl (C=O) groups is 1. The van der Waals surface area contributed by atoms with Crippen molar-refractivity contribution in [1.82, 2.24) is 10.2 Å². The van der Waals surface area contributed by atoms with Crippen molar-refractivity contribution in [3.8, 4) is 0 Å². The molecule has 2 heterocycles. The third-order valence-corrected chi connectivity index (χ3v) is 4.26. The fraction of sp³-hybridized carbons (Fsp3) is 0.923. The highest BCUT2D eigenvalue weighted by molar-refractivity contribution is 5.80. The molecule has 1 amide bonds. The van der Waals surface area contributed by atoms with E-state index >= 15 is 0 Å². The van der Waals surface area contributed by atoms with E-state index in [0.29, 0.717) is 17.9 Å². The highest BCUT2D eigenvalue weighted by atomic mass is 16.2. The minimum atomic E-state index is 0.218. The Morgan fingerprint density at radius 2 is 2.00 bits per heavy atom. The minimum absolute atomic E-state index is 0.218. The van der Waals surface area contributed by atoms with Crippen LogP contribution in [0.25, 0.3) is 0 Å². The summed E-state index contributed by atoms with van der Waals surface area (Å²) in [5.41, 5.74) is 0. The van der Waals surface area contributed by atoms with Gasteiger partial charge in [-0.2, -0.15) is 0 Å². The van der Waals surface area contributed by atoms with Crippen LogP contribution in [0.1, 0.15) is 33.6 Å². The molecular formula is C13H24N2O. The summed E-state index contributed by atoms with van der Waals surface area (Å²) < 4.78 is 0. The largest absolute Gasteiger partial charge is 0.340 e. The molecule has 0 aliphatic carbocycles. The number of hydrogen-bond donors (Lipinski definition) is 1. The predicted octanol–water partition coefficient (Wildman–Crippen LogP) is 1.49. The van der Waals surface area contributed by atoms with E-state index in [4.69, 9.17) is 0 Å². The Morgan fingerprint density at radius 3 is 2.56 bits per heavy atom. The van der Waals surface area contributed by atoms with E-state index in [1.54, 1.807) is 0 Å². The molecule has 0 aromatic rings. The molecule has 3 heteroatoms. The van der Waals surface area contributed by atoms with Crippen molar-refractivity contribution >= 4 is 5.91 Å². The molecule has 0 spiro atoms. The van der Waals surface area contributed by atoms with Crippen molar-refractivity contribution in [3.63, 3.8) is 0 Å². The van der Waals surface area contributed by atoms with Gasteiger partial charge in [-0.15, -0.1) is 0 Å². The second-order valence-corrected chi connectivity index (χ2v) is 5.75. The van der Waals surface area contributed by atoms with E-state index in [9.17, 15) is 4.79 Å². The summed E-state index contributed by atoms with van der Waals surface area (Å²) in [5.74, 6) is 1.88. The van der Waals surface area contributed by atoms with Gasteiger partial charge in [0.1, 0.15) is 0 Å². The quantitative estimate of drug-likeness (QED) is 0.732. The number of carbonyl (C=O) groups excluding carboxylic acids is 1. The average Bonchev–Trinajstić information content (AvgIpc) is 2.63. The van der Waals surface area contributed by atoms with Crippen LogP contribution in [0.3, 0.4) is 0 Å². The van der Waals surface area contributed by atoms with Crippen molar-refractivity contribution in [3.05, 3.63) is 0 Å². The number of likely N-dealkylation sites (tertiary alicyclic amines) is 1. The predicted molar refractivity (Wildman–Crippen MR) is 65.1 cm³/mol. The smallest absolute Gasteiger partial charge is 0.227 e. The maximum Gasteiger partial charge on any atom is 0.227 e. The SMILES string of the molecule is CC1CCN(C(=O)[C@@H]2CNC[C@H]2C)C(C)C1. The molecule has 0 radical (unpaired) electrons. The summed E-state index contributed by atoms with van der Waals surface area (Å²) in [4.78, 5) is 14.5. The van der Waals surface area contributed by atoms with E-state index in [-0.39, 0.29) is 5.92 Å². The molecule has 0 bridgehead atoms. The van der Waals surface area contributed by atoms with E-state index in [1.165, 1.54) is 12.8 Å². The van der Waals surface area contributed by atoms with Gasteiger partial charge in [0.25, 0.3) is 0 Å². The molecule has 0 aromatic carbocycles. The van der Waals surface area contributed by atoms with Gasteiger partial charge < -0.3 is 10.2 Å². The van der Waals surface area contributed by atoms with Crippen LogP contribution in [0, 0.1) is 17.8 Å². The zero-order valence-electron chi connectivity index (χ0n) is 10.7. The van der Waals surface area contributed by atoms with Gasteiger partial charge in [-0.05, 0) is 38.1 Å². The number of rotatable bonds is 1. The number of amides is 1. The topological polar surface area (TPSA) is 32.3 Å². The molecule has 0 aromatic heterocycles. The van der Waals surface area contributed by atoms with Crippen molar-refractivity contribution < 1.29 is 4.79 Å². The van der Waals surface area contributed by atoms with Gasteiger partial charge in [-0.3, -0.25) is 4.79 Å². The molecule has 2 aliphatic heterocycles. The molecule has 2 aliphatic rings. The molecule has 2 unspecified atom stereocenters. The normalized spacial score (nSPS) is 40.1. The van der Waals surface area contributed by atoms with Crippen LogP contribution in [0.15, 0.2) is 0 Å². The summed E-state index contributed by atoms with van der Waals surface area (Å²) >= 11 is 0. The summed E-state index contributed by atoms with van der Waals surface area (Å²) in [6.45, 7) is 9.50. The molecule has 2 fully saturated rings. The van der Waals surface area contributed by atoms with Gasteiger partial charge in [0.05, 0.1) is 5.92 Å². The van der Waals surface area contributed by atoms with Crippen LogP contribution >= 0.6 is 0 Å². The Balaban J connectivity index is 1.98. The van der Waals surface area contributed by atoms with E-state index < -0.39 is 0 Å². The van der Waals surface area contributed by atoms with E-state index in [2.05, 4.69) is 31.0 Å². The molecule has 2 saturated heterocycles. The molecule has 2 rings (SSSR count). The molecular weight excluding hydrogens is 200 g/mol. The molecule has 16 heavy (non-hydrogen) atoms. The lowest BCUT2D eigenvalue weighted by Crippen LogP contribution is -2.48. The summed E-state index contributed by atoms with van der Waals surface area (Å²) in [6.07, 6.45) is 2.34. The average molecular weight is 224 g/mol. The third-order valence-electron chi connectivity index (χ3n) is 4.26. The Labute approximate surface area is 98.6 Å². The van der Waals surface area contributed by atoms with Crippen LogP contribution in [-0.4, -0.2) is 36.5 Å². The number of nitrogens with one attached hydrogen (secondary N) is 1. The second kappa shape index (κ2) is 4.74.